The van der Waals surface area contributed by atoms with Crippen LogP contribution in [-0.4, -0.2) is 35.0 Å². The van der Waals surface area contributed by atoms with Crippen LogP contribution in [-0.2, 0) is 14.3 Å². The standard InChI is InChI=1S/C22H28O4/c1-12-8-16-15-5-4-13-9-14(24)6-7-21(13,3)22(15)18(26-22)10-20(16,2)19(12)17(25)11-23/h6-7,9,12,15-16,18-19,23H,4-5,8,10-11H2,1-3H3/t12-,15-,16-,18+,19-,20-,21+,22+/m1/s1. The Kier molecular flexibility index (Phi) is 3.22. The number of fused-ring (bicyclic) bond motifs is 3. The summed E-state index contributed by atoms with van der Waals surface area (Å²) in [4.78, 5) is 24.4. The molecule has 0 bridgehead atoms. The normalized spacial score (nSPS) is 53.9. The van der Waals surface area contributed by atoms with Gasteiger partial charge < -0.3 is 9.84 Å². The van der Waals surface area contributed by atoms with Crippen LogP contribution in [0.15, 0.2) is 23.8 Å². The third-order valence-electron chi connectivity index (χ3n) is 8.78. The molecule has 8 atom stereocenters. The largest absolute Gasteiger partial charge is 0.389 e. The lowest BCUT2D eigenvalue weighted by Gasteiger charge is -2.54. The molecule has 1 N–H and O–H groups in total. The van der Waals surface area contributed by atoms with E-state index < -0.39 is 0 Å². The molecule has 1 spiro atoms. The highest BCUT2D eigenvalue weighted by molar-refractivity contribution is 6.01. The van der Waals surface area contributed by atoms with E-state index in [4.69, 9.17) is 4.74 Å². The highest BCUT2D eigenvalue weighted by atomic mass is 16.6. The van der Waals surface area contributed by atoms with Gasteiger partial charge >= 0.3 is 0 Å². The van der Waals surface area contributed by atoms with Crippen molar-refractivity contribution in [1.82, 2.24) is 0 Å². The molecule has 4 nitrogen and oxygen atoms in total. The van der Waals surface area contributed by atoms with E-state index in [1.54, 1.807) is 6.08 Å². The Bertz CT molecular complexity index is 766. The van der Waals surface area contributed by atoms with Crippen LogP contribution in [0, 0.1) is 34.5 Å². The number of aliphatic hydroxyl groups is 1. The monoisotopic (exact) mass is 356 g/mol. The fraction of sp³-hybridized carbons (Fsp3) is 0.727. The van der Waals surface area contributed by atoms with Crippen LogP contribution in [0.2, 0.25) is 0 Å². The summed E-state index contributed by atoms with van der Waals surface area (Å²) in [6.07, 6.45) is 9.68. The van der Waals surface area contributed by atoms with Crippen molar-refractivity contribution in [2.45, 2.75) is 58.2 Å². The van der Waals surface area contributed by atoms with Crippen LogP contribution in [0.1, 0.15) is 46.5 Å². The molecule has 26 heavy (non-hydrogen) atoms. The van der Waals surface area contributed by atoms with Crippen molar-refractivity contribution >= 4 is 11.6 Å². The second-order valence-corrected chi connectivity index (χ2v) is 9.78. The van der Waals surface area contributed by atoms with Crippen molar-refractivity contribution in [2.24, 2.45) is 34.5 Å². The predicted octanol–water partition coefficient (Wildman–Crippen LogP) is 2.85. The highest BCUT2D eigenvalue weighted by Gasteiger charge is 2.79. The van der Waals surface area contributed by atoms with Crippen molar-refractivity contribution in [3.05, 3.63) is 23.8 Å². The number of ketones is 2. The molecule has 1 aliphatic heterocycles. The van der Waals surface area contributed by atoms with E-state index >= 15 is 0 Å². The first-order valence-electron chi connectivity index (χ1n) is 10.0. The minimum atomic E-state index is -0.353. The summed E-state index contributed by atoms with van der Waals surface area (Å²) in [6.45, 7) is 6.33. The molecular formula is C22H28O4. The van der Waals surface area contributed by atoms with Crippen LogP contribution >= 0.6 is 0 Å². The van der Waals surface area contributed by atoms with Gasteiger partial charge in [0.05, 0.1) is 6.10 Å². The predicted molar refractivity (Wildman–Crippen MR) is 96.2 cm³/mol. The molecule has 140 valence electrons. The van der Waals surface area contributed by atoms with Gasteiger partial charge in [-0.1, -0.05) is 25.5 Å². The van der Waals surface area contributed by atoms with Gasteiger partial charge in [0.1, 0.15) is 12.2 Å². The first-order valence-corrected chi connectivity index (χ1v) is 10.0. The number of hydrogen-bond donors (Lipinski definition) is 1. The van der Waals surface area contributed by atoms with Gasteiger partial charge in [0.15, 0.2) is 11.6 Å². The maximum Gasteiger partial charge on any atom is 0.178 e. The van der Waals surface area contributed by atoms with Crippen LogP contribution in [0.5, 0.6) is 0 Å². The first kappa shape index (κ1) is 16.9. The molecule has 1 heterocycles. The van der Waals surface area contributed by atoms with Crippen LogP contribution in [0.3, 0.4) is 0 Å². The molecule has 5 aliphatic rings. The van der Waals surface area contributed by atoms with E-state index in [0.29, 0.717) is 17.8 Å². The van der Waals surface area contributed by atoms with Gasteiger partial charge in [-0.2, -0.15) is 0 Å². The zero-order valence-electron chi connectivity index (χ0n) is 15.8. The summed E-state index contributed by atoms with van der Waals surface area (Å²) in [5.41, 5.74) is 0.745. The summed E-state index contributed by atoms with van der Waals surface area (Å²) < 4.78 is 6.50. The molecule has 0 aromatic rings. The number of aliphatic hydroxyl groups excluding tert-OH is 1. The molecule has 1 saturated heterocycles. The summed E-state index contributed by atoms with van der Waals surface area (Å²) >= 11 is 0. The Balaban J connectivity index is 1.57. The highest BCUT2D eigenvalue weighted by Crippen LogP contribution is 2.75. The van der Waals surface area contributed by atoms with Gasteiger partial charge in [-0.05, 0) is 67.9 Å². The minimum Gasteiger partial charge on any atom is -0.389 e. The second-order valence-electron chi connectivity index (χ2n) is 9.78. The number of Topliss-reactive ketones (excluding diaryl/α,β-unsaturated/α-hetero) is 1. The van der Waals surface area contributed by atoms with Gasteiger partial charge in [-0.3, -0.25) is 9.59 Å². The Hall–Kier alpha value is -1.26. The molecule has 4 heteroatoms. The summed E-state index contributed by atoms with van der Waals surface area (Å²) in [6, 6.07) is 0. The van der Waals surface area contributed by atoms with E-state index in [1.807, 2.05) is 6.08 Å². The van der Waals surface area contributed by atoms with Gasteiger partial charge in [0.2, 0.25) is 0 Å². The second kappa shape index (κ2) is 4.96. The lowest BCUT2D eigenvalue weighted by molar-refractivity contribution is -0.132. The van der Waals surface area contributed by atoms with Gasteiger partial charge in [-0.15, -0.1) is 0 Å². The summed E-state index contributed by atoms with van der Waals surface area (Å²) in [7, 11) is 0. The molecule has 0 aromatic heterocycles. The zero-order chi connectivity index (χ0) is 18.5. The molecule has 0 radical (unpaired) electrons. The number of allylic oxidation sites excluding steroid dienone is 2. The van der Waals surface area contributed by atoms with Gasteiger partial charge in [-0.25, -0.2) is 0 Å². The Morgan fingerprint density at radius 3 is 2.85 bits per heavy atom. The fourth-order valence-corrected chi connectivity index (χ4v) is 7.80. The number of hydrogen-bond acceptors (Lipinski definition) is 4. The van der Waals surface area contributed by atoms with Crippen molar-refractivity contribution in [3.63, 3.8) is 0 Å². The third-order valence-corrected chi connectivity index (χ3v) is 8.78. The third kappa shape index (κ3) is 1.73. The molecule has 0 aromatic carbocycles. The fourth-order valence-electron chi connectivity index (χ4n) is 7.80. The van der Waals surface area contributed by atoms with E-state index in [2.05, 4.69) is 26.8 Å². The number of carbonyl (C=O) groups excluding carboxylic acids is 2. The van der Waals surface area contributed by atoms with E-state index in [1.165, 1.54) is 5.57 Å². The van der Waals surface area contributed by atoms with E-state index in [-0.39, 0.29) is 46.6 Å². The maximum atomic E-state index is 12.5. The van der Waals surface area contributed by atoms with E-state index in [0.717, 1.165) is 25.7 Å². The SMILES string of the molecule is C[C@@H]1C[C@@H]2[C@H]3CCC4=CC(=O)C=C[C@]4(C)[C@]34O[C@H]4C[C@@]2(C)[C@H]1C(=O)CO. The maximum absolute atomic E-state index is 12.5. The topological polar surface area (TPSA) is 66.9 Å². The number of carbonyl (C=O) groups is 2. The lowest BCUT2D eigenvalue weighted by atomic mass is 9.47. The number of epoxide rings is 1. The zero-order valence-corrected chi connectivity index (χ0v) is 15.8. The first-order chi connectivity index (χ1) is 12.3. The molecule has 4 aliphatic carbocycles. The smallest absolute Gasteiger partial charge is 0.178 e. The van der Waals surface area contributed by atoms with Crippen LogP contribution in [0.25, 0.3) is 0 Å². The van der Waals surface area contributed by atoms with Crippen molar-refractivity contribution in [3.8, 4) is 0 Å². The Labute approximate surface area is 154 Å². The van der Waals surface area contributed by atoms with Crippen molar-refractivity contribution < 1.29 is 19.4 Å². The number of ether oxygens (including phenoxy) is 1. The average Bonchev–Trinajstić information content (AvgIpc) is 3.24. The molecule has 5 rings (SSSR count). The minimum absolute atomic E-state index is 0.00131. The molecule has 0 unspecified atom stereocenters. The molecule has 0 amide bonds. The molecule has 3 saturated carbocycles. The lowest BCUT2D eigenvalue weighted by Crippen LogP contribution is -2.57. The van der Waals surface area contributed by atoms with Crippen molar-refractivity contribution in [1.29, 1.82) is 0 Å². The van der Waals surface area contributed by atoms with Gasteiger partial charge in [0.25, 0.3) is 0 Å². The van der Waals surface area contributed by atoms with Crippen molar-refractivity contribution in [2.75, 3.05) is 6.61 Å². The van der Waals surface area contributed by atoms with E-state index in [9.17, 15) is 14.7 Å². The summed E-state index contributed by atoms with van der Waals surface area (Å²) in [5.74, 6) is 1.21. The van der Waals surface area contributed by atoms with Gasteiger partial charge in [0, 0.05) is 11.3 Å². The Morgan fingerprint density at radius 2 is 2.12 bits per heavy atom. The number of rotatable bonds is 2. The Morgan fingerprint density at radius 1 is 1.35 bits per heavy atom. The quantitative estimate of drug-likeness (QED) is 0.773. The summed E-state index contributed by atoms with van der Waals surface area (Å²) in [5, 5.41) is 9.52. The molecule has 4 fully saturated rings. The average molecular weight is 356 g/mol. The molecular weight excluding hydrogens is 328 g/mol. The van der Waals surface area contributed by atoms with Crippen LogP contribution < -0.4 is 0 Å². The van der Waals surface area contributed by atoms with Crippen LogP contribution in [0.4, 0.5) is 0 Å².